The molecule has 6 heteroatoms. The van der Waals surface area contributed by atoms with Crippen molar-refractivity contribution in [3.63, 3.8) is 0 Å². The van der Waals surface area contributed by atoms with Gasteiger partial charge in [-0.3, -0.25) is 14.4 Å². The highest BCUT2D eigenvalue weighted by molar-refractivity contribution is 5.98. The van der Waals surface area contributed by atoms with Crippen LogP contribution in [0, 0.1) is 5.92 Å². The van der Waals surface area contributed by atoms with Gasteiger partial charge in [0.05, 0.1) is 0 Å². The summed E-state index contributed by atoms with van der Waals surface area (Å²) in [5, 5.41) is 7.95. The van der Waals surface area contributed by atoms with Crippen LogP contribution in [0.25, 0.3) is 10.8 Å². The topological polar surface area (TPSA) is 78.5 Å². The first-order chi connectivity index (χ1) is 13.9. The van der Waals surface area contributed by atoms with Gasteiger partial charge in [0.2, 0.25) is 11.8 Å². The maximum Gasteiger partial charge on any atom is 0.251 e. The second-order valence-corrected chi connectivity index (χ2v) is 7.91. The number of benzene rings is 2. The summed E-state index contributed by atoms with van der Waals surface area (Å²) < 4.78 is 0. The molecular weight excluding hydrogens is 366 g/mol. The quantitative estimate of drug-likeness (QED) is 0.789. The van der Waals surface area contributed by atoms with E-state index in [2.05, 4.69) is 10.6 Å². The van der Waals surface area contributed by atoms with Crippen LogP contribution >= 0.6 is 0 Å². The molecule has 0 spiro atoms. The zero-order chi connectivity index (χ0) is 20.8. The normalized spacial score (nSPS) is 16.7. The first kappa shape index (κ1) is 20.8. The minimum absolute atomic E-state index is 0.00677. The van der Waals surface area contributed by atoms with Gasteiger partial charge in [-0.1, -0.05) is 44.2 Å². The molecule has 6 nitrogen and oxygen atoms in total. The number of nitrogens with one attached hydrogen (secondary N) is 2. The zero-order valence-corrected chi connectivity index (χ0v) is 17.1. The monoisotopic (exact) mass is 395 g/mol. The van der Waals surface area contributed by atoms with Gasteiger partial charge in [-0.25, -0.2) is 0 Å². The lowest BCUT2D eigenvalue weighted by atomic mass is 10.0. The molecule has 1 heterocycles. The molecule has 2 N–H and O–H groups in total. The molecule has 0 aliphatic carbocycles. The van der Waals surface area contributed by atoms with E-state index >= 15 is 0 Å². The molecule has 2 aromatic carbocycles. The molecular formula is C23H29N3O3. The van der Waals surface area contributed by atoms with Crippen LogP contribution in [0.4, 0.5) is 0 Å². The largest absolute Gasteiger partial charge is 0.352 e. The van der Waals surface area contributed by atoms with E-state index in [0.717, 1.165) is 23.6 Å². The van der Waals surface area contributed by atoms with E-state index in [1.165, 1.54) is 0 Å². The first-order valence-corrected chi connectivity index (χ1v) is 10.3. The highest BCUT2D eigenvalue weighted by Crippen LogP contribution is 2.16. The Morgan fingerprint density at radius 2 is 1.86 bits per heavy atom. The van der Waals surface area contributed by atoms with Crippen molar-refractivity contribution in [3.05, 3.63) is 48.0 Å². The Morgan fingerprint density at radius 3 is 2.62 bits per heavy atom. The van der Waals surface area contributed by atoms with Crippen LogP contribution in [0.3, 0.4) is 0 Å². The van der Waals surface area contributed by atoms with E-state index in [1.54, 1.807) is 11.0 Å². The average molecular weight is 396 g/mol. The number of likely N-dealkylation sites (tertiary alicyclic amines) is 1. The summed E-state index contributed by atoms with van der Waals surface area (Å²) in [6.45, 7) is 5.25. The second kappa shape index (κ2) is 9.54. The maximum absolute atomic E-state index is 12.5. The third-order valence-corrected chi connectivity index (χ3v) is 5.28. The molecule has 3 amide bonds. The predicted octanol–water partition coefficient (Wildman–Crippen LogP) is 2.72. The molecule has 1 aliphatic rings. The second-order valence-electron chi connectivity index (χ2n) is 7.91. The number of fused-ring (bicyclic) bond motifs is 1. The number of rotatable bonds is 6. The van der Waals surface area contributed by atoms with E-state index in [-0.39, 0.29) is 36.1 Å². The van der Waals surface area contributed by atoms with E-state index < -0.39 is 0 Å². The molecule has 1 atom stereocenters. The van der Waals surface area contributed by atoms with Crippen molar-refractivity contribution >= 4 is 28.5 Å². The fourth-order valence-electron chi connectivity index (χ4n) is 3.56. The van der Waals surface area contributed by atoms with Crippen LogP contribution in [0.15, 0.2) is 42.5 Å². The van der Waals surface area contributed by atoms with Crippen molar-refractivity contribution in [1.29, 1.82) is 0 Å². The molecule has 0 saturated carbocycles. The van der Waals surface area contributed by atoms with Crippen molar-refractivity contribution < 1.29 is 14.4 Å². The molecule has 1 aliphatic heterocycles. The lowest BCUT2D eigenvalue weighted by Crippen LogP contribution is -2.50. The Kier molecular flexibility index (Phi) is 6.86. The van der Waals surface area contributed by atoms with Crippen LogP contribution in [-0.2, 0) is 9.59 Å². The molecule has 1 fully saturated rings. The van der Waals surface area contributed by atoms with Crippen LogP contribution in [0.2, 0.25) is 0 Å². The summed E-state index contributed by atoms with van der Waals surface area (Å²) in [6, 6.07) is 13.5. The number of carbonyl (C=O) groups is 3. The van der Waals surface area contributed by atoms with Gasteiger partial charge >= 0.3 is 0 Å². The molecule has 0 bridgehead atoms. The van der Waals surface area contributed by atoms with Crippen LogP contribution in [0.5, 0.6) is 0 Å². The molecule has 1 unspecified atom stereocenters. The summed E-state index contributed by atoms with van der Waals surface area (Å²) in [5.74, 6) is -0.213. The van der Waals surface area contributed by atoms with E-state index in [4.69, 9.17) is 0 Å². The average Bonchev–Trinajstić information content (AvgIpc) is 2.73. The van der Waals surface area contributed by atoms with Gasteiger partial charge in [0.25, 0.3) is 5.91 Å². The molecule has 0 aromatic heterocycles. The van der Waals surface area contributed by atoms with Crippen molar-refractivity contribution in [2.24, 2.45) is 5.92 Å². The standard InChI is InChI=1S/C23H29N3O3/c1-16(2)22(28)25-20-8-5-13-26(15-20)21(27)11-12-24-23(29)19-10-9-17-6-3-4-7-18(17)14-19/h3-4,6-7,9-10,14,16,20H,5,8,11-13,15H2,1-2H3,(H,24,29)(H,25,28). The highest BCUT2D eigenvalue weighted by Gasteiger charge is 2.25. The zero-order valence-electron chi connectivity index (χ0n) is 17.1. The van der Waals surface area contributed by atoms with Crippen LogP contribution < -0.4 is 10.6 Å². The molecule has 154 valence electrons. The lowest BCUT2D eigenvalue weighted by Gasteiger charge is -2.33. The van der Waals surface area contributed by atoms with Crippen molar-refractivity contribution in [3.8, 4) is 0 Å². The van der Waals surface area contributed by atoms with Gasteiger partial charge in [-0.15, -0.1) is 0 Å². The Balaban J connectivity index is 1.47. The first-order valence-electron chi connectivity index (χ1n) is 10.3. The third-order valence-electron chi connectivity index (χ3n) is 5.28. The molecule has 2 aromatic rings. The third kappa shape index (κ3) is 5.56. The number of carbonyl (C=O) groups excluding carboxylic acids is 3. The van der Waals surface area contributed by atoms with Gasteiger partial charge in [-0.2, -0.15) is 0 Å². The van der Waals surface area contributed by atoms with Gasteiger partial charge in [0, 0.05) is 43.6 Å². The van der Waals surface area contributed by atoms with Crippen molar-refractivity contribution in [2.45, 2.75) is 39.2 Å². The molecule has 0 radical (unpaired) electrons. The SMILES string of the molecule is CC(C)C(=O)NC1CCCN(C(=O)CCNC(=O)c2ccc3ccccc3c2)C1. The summed E-state index contributed by atoms with van der Waals surface area (Å²) in [6.07, 6.45) is 2.02. The van der Waals surface area contributed by atoms with E-state index in [0.29, 0.717) is 25.2 Å². The number of piperidine rings is 1. The van der Waals surface area contributed by atoms with Crippen LogP contribution in [-0.4, -0.2) is 48.3 Å². The smallest absolute Gasteiger partial charge is 0.251 e. The summed E-state index contributed by atoms with van der Waals surface area (Å²) in [5.41, 5.74) is 0.589. The number of amides is 3. The molecule has 1 saturated heterocycles. The van der Waals surface area contributed by atoms with Gasteiger partial charge in [0.1, 0.15) is 0 Å². The predicted molar refractivity (Wildman–Crippen MR) is 113 cm³/mol. The van der Waals surface area contributed by atoms with Crippen molar-refractivity contribution in [1.82, 2.24) is 15.5 Å². The van der Waals surface area contributed by atoms with Crippen molar-refractivity contribution in [2.75, 3.05) is 19.6 Å². The fourth-order valence-corrected chi connectivity index (χ4v) is 3.56. The Morgan fingerprint density at radius 1 is 1.10 bits per heavy atom. The highest BCUT2D eigenvalue weighted by atomic mass is 16.2. The minimum Gasteiger partial charge on any atom is -0.352 e. The van der Waals surface area contributed by atoms with Gasteiger partial charge in [0.15, 0.2) is 0 Å². The minimum atomic E-state index is -0.177. The Labute approximate surface area is 171 Å². The number of hydrogen-bond acceptors (Lipinski definition) is 3. The number of nitrogens with zero attached hydrogens (tertiary/aromatic N) is 1. The fraction of sp³-hybridized carbons (Fsp3) is 0.435. The maximum atomic E-state index is 12.5. The number of hydrogen-bond donors (Lipinski definition) is 2. The Hall–Kier alpha value is -2.89. The Bertz CT molecular complexity index is 894. The summed E-state index contributed by atoms with van der Waals surface area (Å²) in [4.78, 5) is 38.6. The van der Waals surface area contributed by atoms with Crippen LogP contribution in [0.1, 0.15) is 43.5 Å². The molecule has 29 heavy (non-hydrogen) atoms. The summed E-state index contributed by atoms with van der Waals surface area (Å²) in [7, 11) is 0. The lowest BCUT2D eigenvalue weighted by molar-refractivity contribution is -0.133. The van der Waals surface area contributed by atoms with Gasteiger partial charge < -0.3 is 15.5 Å². The van der Waals surface area contributed by atoms with Gasteiger partial charge in [-0.05, 0) is 35.7 Å². The van der Waals surface area contributed by atoms with E-state index in [9.17, 15) is 14.4 Å². The summed E-state index contributed by atoms with van der Waals surface area (Å²) >= 11 is 0. The van der Waals surface area contributed by atoms with E-state index in [1.807, 2.05) is 50.2 Å². The molecule has 3 rings (SSSR count).